The van der Waals surface area contributed by atoms with E-state index in [-0.39, 0.29) is 0 Å². The molecule has 2 aromatic rings. The minimum absolute atomic E-state index is 0.597. The van der Waals surface area contributed by atoms with Crippen LogP contribution in [0.15, 0.2) is 30.5 Å². The molecule has 0 unspecified atom stereocenters. The fourth-order valence-electron chi connectivity index (χ4n) is 3.60. The van der Waals surface area contributed by atoms with E-state index in [1.165, 1.54) is 17.2 Å². The zero-order valence-electron chi connectivity index (χ0n) is 11.7. The van der Waals surface area contributed by atoms with E-state index in [2.05, 4.69) is 33.4 Å². The van der Waals surface area contributed by atoms with E-state index in [4.69, 9.17) is 4.74 Å². The summed E-state index contributed by atoms with van der Waals surface area (Å²) < 4.78 is 5.37. The van der Waals surface area contributed by atoms with Crippen LogP contribution in [-0.4, -0.2) is 37.8 Å². The molecule has 0 spiro atoms. The van der Waals surface area contributed by atoms with Gasteiger partial charge in [-0.05, 0) is 35.9 Å². The zero-order valence-corrected chi connectivity index (χ0v) is 11.7. The second-order valence-corrected chi connectivity index (χ2v) is 5.69. The number of benzene rings is 1. The molecule has 2 fully saturated rings. The number of nitrogens with one attached hydrogen (secondary N) is 1. The van der Waals surface area contributed by atoms with Crippen LogP contribution in [0.4, 0.5) is 5.82 Å². The lowest BCUT2D eigenvalue weighted by Crippen LogP contribution is -2.34. The lowest BCUT2D eigenvalue weighted by atomic mass is 10.0. The first-order valence-electron chi connectivity index (χ1n) is 7.27. The van der Waals surface area contributed by atoms with E-state index in [9.17, 15) is 0 Å². The van der Waals surface area contributed by atoms with E-state index in [1.54, 1.807) is 7.11 Å². The number of ether oxygens (including phenoxy) is 1. The van der Waals surface area contributed by atoms with Gasteiger partial charge in [0.1, 0.15) is 11.6 Å². The van der Waals surface area contributed by atoms with Gasteiger partial charge in [-0.1, -0.05) is 6.07 Å². The second kappa shape index (κ2) is 4.63. The van der Waals surface area contributed by atoms with Crippen LogP contribution in [0.25, 0.3) is 10.8 Å². The highest BCUT2D eigenvalue weighted by molar-refractivity contribution is 5.93. The predicted molar refractivity (Wildman–Crippen MR) is 80.4 cm³/mol. The molecule has 4 nitrogen and oxygen atoms in total. The van der Waals surface area contributed by atoms with Crippen LogP contribution in [0.3, 0.4) is 0 Å². The molecule has 0 radical (unpaired) electrons. The Labute approximate surface area is 118 Å². The standard InChI is InChI=1S/C16H19N3O/c1-20-13-3-2-11-4-6-18-16(14(11)8-13)19-7-5-12-9-17-10-15(12)19/h2-4,6,8,12,15,17H,5,7,9-10H2,1H3/t12-,15+/m0/s1. The van der Waals surface area contributed by atoms with Crippen molar-refractivity contribution in [3.63, 3.8) is 0 Å². The van der Waals surface area contributed by atoms with Gasteiger partial charge in [0.25, 0.3) is 0 Å². The first-order valence-corrected chi connectivity index (χ1v) is 7.27. The average molecular weight is 269 g/mol. The van der Waals surface area contributed by atoms with Gasteiger partial charge >= 0.3 is 0 Å². The van der Waals surface area contributed by atoms with E-state index in [0.717, 1.165) is 37.1 Å². The highest BCUT2D eigenvalue weighted by Gasteiger charge is 2.38. The molecule has 20 heavy (non-hydrogen) atoms. The molecule has 4 heteroatoms. The number of nitrogens with zero attached hydrogens (tertiary/aromatic N) is 2. The van der Waals surface area contributed by atoms with Crippen LogP contribution in [0, 0.1) is 5.92 Å². The van der Waals surface area contributed by atoms with Crippen molar-refractivity contribution in [3.8, 4) is 5.75 Å². The summed E-state index contributed by atoms with van der Waals surface area (Å²) in [6.07, 6.45) is 3.18. The highest BCUT2D eigenvalue weighted by atomic mass is 16.5. The summed E-state index contributed by atoms with van der Waals surface area (Å²) in [5.41, 5.74) is 0. The smallest absolute Gasteiger partial charge is 0.136 e. The molecule has 2 atom stereocenters. The van der Waals surface area contributed by atoms with Gasteiger partial charge in [-0.3, -0.25) is 0 Å². The maximum Gasteiger partial charge on any atom is 0.136 e. The van der Waals surface area contributed by atoms with Gasteiger partial charge in [0.2, 0.25) is 0 Å². The van der Waals surface area contributed by atoms with E-state index in [1.807, 2.05) is 12.3 Å². The summed E-state index contributed by atoms with van der Waals surface area (Å²) >= 11 is 0. The SMILES string of the molecule is COc1ccc2ccnc(N3CC[C@H]4CNC[C@H]43)c2c1. The number of aromatic nitrogens is 1. The normalized spacial score (nSPS) is 25.1. The maximum atomic E-state index is 5.37. The molecule has 0 saturated carbocycles. The number of pyridine rings is 1. The van der Waals surface area contributed by atoms with Crippen LogP contribution in [0.5, 0.6) is 5.75 Å². The molecule has 1 aromatic carbocycles. The molecule has 0 bridgehead atoms. The monoisotopic (exact) mass is 269 g/mol. The van der Waals surface area contributed by atoms with E-state index < -0.39 is 0 Å². The molecule has 4 rings (SSSR count). The molecule has 0 aliphatic carbocycles. The van der Waals surface area contributed by atoms with Crippen molar-refractivity contribution in [2.45, 2.75) is 12.5 Å². The molecule has 2 aliphatic heterocycles. The molecule has 1 N–H and O–H groups in total. The molecular weight excluding hydrogens is 250 g/mol. The Morgan fingerprint density at radius 2 is 2.25 bits per heavy atom. The van der Waals surface area contributed by atoms with Crippen molar-refractivity contribution in [1.29, 1.82) is 0 Å². The van der Waals surface area contributed by atoms with Crippen LogP contribution < -0.4 is 15.0 Å². The van der Waals surface area contributed by atoms with Gasteiger partial charge in [0.05, 0.1) is 7.11 Å². The van der Waals surface area contributed by atoms with Crippen LogP contribution in [-0.2, 0) is 0 Å². The Morgan fingerprint density at radius 1 is 1.30 bits per heavy atom. The van der Waals surface area contributed by atoms with Crippen molar-refractivity contribution in [1.82, 2.24) is 10.3 Å². The molecule has 104 valence electrons. The third-order valence-corrected chi connectivity index (χ3v) is 4.67. The second-order valence-electron chi connectivity index (χ2n) is 5.69. The molecule has 2 aliphatic rings. The number of methoxy groups -OCH3 is 1. The van der Waals surface area contributed by atoms with Gasteiger partial charge < -0.3 is 15.0 Å². The topological polar surface area (TPSA) is 37.4 Å². The average Bonchev–Trinajstić information content (AvgIpc) is 3.09. The molecular formula is C16H19N3O. The highest BCUT2D eigenvalue weighted by Crippen LogP contribution is 2.35. The maximum absolute atomic E-state index is 5.37. The lowest BCUT2D eigenvalue weighted by molar-refractivity contribution is 0.415. The number of fused-ring (bicyclic) bond motifs is 2. The van der Waals surface area contributed by atoms with Crippen LogP contribution >= 0.6 is 0 Å². The predicted octanol–water partition coefficient (Wildman–Crippen LogP) is 2.04. The van der Waals surface area contributed by atoms with Gasteiger partial charge in [-0.15, -0.1) is 0 Å². The fraction of sp³-hybridized carbons (Fsp3) is 0.438. The largest absolute Gasteiger partial charge is 0.497 e. The van der Waals surface area contributed by atoms with Gasteiger partial charge in [0.15, 0.2) is 0 Å². The Kier molecular flexibility index (Phi) is 2.77. The number of rotatable bonds is 2. The molecule has 0 amide bonds. The van der Waals surface area contributed by atoms with Crippen molar-refractivity contribution >= 4 is 16.6 Å². The summed E-state index contributed by atoms with van der Waals surface area (Å²) in [6.45, 7) is 3.34. The van der Waals surface area contributed by atoms with E-state index >= 15 is 0 Å². The lowest BCUT2D eigenvalue weighted by Gasteiger charge is -2.25. The first kappa shape index (κ1) is 12.0. The van der Waals surface area contributed by atoms with Crippen molar-refractivity contribution in [2.75, 3.05) is 31.6 Å². The summed E-state index contributed by atoms with van der Waals surface area (Å²) in [7, 11) is 1.71. The fourth-order valence-corrected chi connectivity index (χ4v) is 3.60. The Hall–Kier alpha value is -1.81. The number of hydrogen-bond donors (Lipinski definition) is 1. The number of anilines is 1. The Morgan fingerprint density at radius 3 is 3.15 bits per heavy atom. The molecule has 2 saturated heterocycles. The van der Waals surface area contributed by atoms with Gasteiger partial charge in [0, 0.05) is 37.3 Å². The van der Waals surface area contributed by atoms with Crippen LogP contribution in [0.2, 0.25) is 0 Å². The molecule has 1 aromatic heterocycles. The van der Waals surface area contributed by atoms with Gasteiger partial charge in [-0.25, -0.2) is 4.98 Å². The van der Waals surface area contributed by atoms with Gasteiger partial charge in [-0.2, -0.15) is 0 Å². The zero-order chi connectivity index (χ0) is 13.5. The summed E-state index contributed by atoms with van der Waals surface area (Å²) in [6, 6.07) is 8.89. The van der Waals surface area contributed by atoms with Crippen molar-refractivity contribution < 1.29 is 4.74 Å². The first-order chi connectivity index (χ1) is 9.86. The minimum atomic E-state index is 0.597. The van der Waals surface area contributed by atoms with Crippen LogP contribution in [0.1, 0.15) is 6.42 Å². The summed E-state index contributed by atoms with van der Waals surface area (Å²) in [5.74, 6) is 2.78. The third-order valence-electron chi connectivity index (χ3n) is 4.67. The third kappa shape index (κ3) is 1.75. The minimum Gasteiger partial charge on any atom is -0.497 e. The van der Waals surface area contributed by atoms with Crippen molar-refractivity contribution in [2.24, 2.45) is 5.92 Å². The Bertz CT molecular complexity index is 643. The van der Waals surface area contributed by atoms with Crippen molar-refractivity contribution in [3.05, 3.63) is 30.5 Å². The van der Waals surface area contributed by atoms with E-state index in [0.29, 0.717) is 6.04 Å². The summed E-state index contributed by atoms with van der Waals surface area (Å²) in [5, 5.41) is 5.92. The Balaban J connectivity index is 1.82. The molecule has 3 heterocycles. The summed E-state index contributed by atoms with van der Waals surface area (Å²) in [4.78, 5) is 7.15. The quantitative estimate of drug-likeness (QED) is 0.905. The number of hydrogen-bond acceptors (Lipinski definition) is 4.